The van der Waals surface area contributed by atoms with Crippen LogP contribution in [0.3, 0.4) is 0 Å². The largest absolute Gasteiger partial charge is 0.355 e. The van der Waals surface area contributed by atoms with E-state index in [2.05, 4.69) is 5.32 Å². The van der Waals surface area contributed by atoms with Gasteiger partial charge in [-0.15, -0.1) is 0 Å². The maximum absolute atomic E-state index is 12.9. The van der Waals surface area contributed by atoms with Gasteiger partial charge in [0.1, 0.15) is 5.82 Å². The molecule has 0 aliphatic heterocycles. The number of hydrogen-bond donors (Lipinski definition) is 1. The Kier molecular flexibility index (Phi) is 5.69. The van der Waals surface area contributed by atoms with Crippen molar-refractivity contribution < 1.29 is 17.6 Å². The summed E-state index contributed by atoms with van der Waals surface area (Å²) in [4.78, 5) is 11.5. The molecule has 0 bridgehead atoms. The van der Waals surface area contributed by atoms with Crippen LogP contribution in [0.25, 0.3) is 0 Å². The van der Waals surface area contributed by atoms with Crippen LogP contribution in [0.5, 0.6) is 0 Å². The van der Waals surface area contributed by atoms with Crippen LogP contribution in [0.15, 0.2) is 48.5 Å². The van der Waals surface area contributed by atoms with Crippen molar-refractivity contribution in [1.29, 1.82) is 0 Å². The minimum Gasteiger partial charge on any atom is -0.355 e. The van der Waals surface area contributed by atoms with Crippen LogP contribution >= 0.6 is 0 Å². The Bertz CT molecular complexity index is 803. The van der Waals surface area contributed by atoms with Gasteiger partial charge in [-0.1, -0.05) is 24.3 Å². The highest BCUT2D eigenvalue weighted by atomic mass is 32.2. The molecule has 0 aliphatic carbocycles. The predicted molar refractivity (Wildman–Crippen MR) is 90.3 cm³/mol. The highest BCUT2D eigenvalue weighted by Gasteiger charge is 2.19. The molecule has 0 unspecified atom stereocenters. The van der Waals surface area contributed by atoms with Crippen LogP contribution in [-0.2, 0) is 22.3 Å². The Morgan fingerprint density at radius 2 is 1.58 bits per heavy atom. The zero-order valence-electron chi connectivity index (χ0n) is 13.5. The first-order chi connectivity index (χ1) is 11.3. The molecule has 0 heterocycles. The number of sulfonamides is 1. The number of amides is 1. The summed E-state index contributed by atoms with van der Waals surface area (Å²) in [5.74, 6) is -0.792. The Labute approximate surface area is 141 Å². The minimum atomic E-state index is -3.52. The standard InChI is InChI=1S/C17H19FN2O3S/c1-19-17(21)15-7-3-13(4-8-15)11-20(2)24(22,23)12-14-5-9-16(18)10-6-14/h3-10H,11-12H2,1-2H3,(H,19,21). The van der Waals surface area contributed by atoms with E-state index in [9.17, 15) is 17.6 Å². The summed E-state index contributed by atoms with van der Waals surface area (Å²) < 4.78 is 38.9. The van der Waals surface area contributed by atoms with Crippen LogP contribution in [-0.4, -0.2) is 32.7 Å². The molecule has 7 heteroatoms. The number of nitrogens with zero attached hydrogens (tertiary/aromatic N) is 1. The highest BCUT2D eigenvalue weighted by Crippen LogP contribution is 2.14. The number of carbonyl (C=O) groups excluding carboxylic acids is 1. The van der Waals surface area contributed by atoms with Crippen molar-refractivity contribution >= 4 is 15.9 Å². The molecule has 24 heavy (non-hydrogen) atoms. The molecule has 2 aromatic rings. The molecule has 2 rings (SSSR count). The molecule has 5 nitrogen and oxygen atoms in total. The number of benzene rings is 2. The van der Waals surface area contributed by atoms with Crippen LogP contribution in [0.2, 0.25) is 0 Å². The summed E-state index contributed by atoms with van der Waals surface area (Å²) in [5.41, 5.74) is 1.81. The summed E-state index contributed by atoms with van der Waals surface area (Å²) in [6, 6.07) is 12.1. The molecule has 0 aromatic heterocycles. The minimum absolute atomic E-state index is 0.192. The summed E-state index contributed by atoms with van der Waals surface area (Å²) >= 11 is 0. The Hall–Kier alpha value is -2.25. The van der Waals surface area contributed by atoms with Gasteiger partial charge in [0.2, 0.25) is 10.0 Å². The van der Waals surface area contributed by atoms with Gasteiger partial charge >= 0.3 is 0 Å². The second-order valence-corrected chi connectivity index (χ2v) is 7.49. The summed E-state index contributed by atoms with van der Waals surface area (Å²) in [6.07, 6.45) is 0. The van der Waals surface area contributed by atoms with Crippen LogP contribution < -0.4 is 5.32 Å². The zero-order chi connectivity index (χ0) is 17.7. The van der Waals surface area contributed by atoms with Gasteiger partial charge in [-0.3, -0.25) is 4.79 Å². The summed E-state index contributed by atoms with van der Waals surface area (Å²) in [7, 11) is -0.485. The molecule has 0 saturated heterocycles. The van der Waals surface area contributed by atoms with Crippen molar-refractivity contribution in [2.75, 3.05) is 14.1 Å². The molecular weight excluding hydrogens is 331 g/mol. The number of hydrogen-bond acceptors (Lipinski definition) is 3. The molecule has 2 aromatic carbocycles. The molecule has 0 saturated carbocycles. The number of halogens is 1. The van der Waals surface area contributed by atoms with E-state index >= 15 is 0 Å². The highest BCUT2D eigenvalue weighted by molar-refractivity contribution is 7.88. The van der Waals surface area contributed by atoms with E-state index < -0.39 is 15.8 Å². The second-order valence-electron chi connectivity index (χ2n) is 5.41. The molecule has 0 fully saturated rings. The molecule has 0 aliphatic rings. The summed E-state index contributed by atoms with van der Waals surface area (Å²) in [6.45, 7) is 0.192. The van der Waals surface area contributed by atoms with Gasteiger partial charge in [0.15, 0.2) is 0 Å². The Morgan fingerprint density at radius 1 is 1.04 bits per heavy atom. The molecule has 128 valence electrons. The van der Waals surface area contributed by atoms with Crippen molar-refractivity contribution in [2.45, 2.75) is 12.3 Å². The van der Waals surface area contributed by atoms with Gasteiger partial charge in [-0.2, -0.15) is 0 Å². The van der Waals surface area contributed by atoms with Crippen LogP contribution in [0.4, 0.5) is 4.39 Å². The van der Waals surface area contributed by atoms with E-state index in [0.29, 0.717) is 11.1 Å². The SMILES string of the molecule is CNC(=O)c1ccc(CN(C)S(=O)(=O)Cc2ccc(F)cc2)cc1. The number of nitrogens with one attached hydrogen (secondary N) is 1. The lowest BCUT2D eigenvalue weighted by atomic mass is 10.1. The zero-order valence-corrected chi connectivity index (χ0v) is 14.3. The fourth-order valence-corrected chi connectivity index (χ4v) is 3.34. The lowest BCUT2D eigenvalue weighted by Gasteiger charge is -2.17. The quantitative estimate of drug-likeness (QED) is 0.868. The fraction of sp³-hybridized carbons (Fsp3) is 0.235. The van der Waals surface area contributed by atoms with Gasteiger partial charge in [0, 0.05) is 26.2 Å². The lowest BCUT2D eigenvalue weighted by molar-refractivity contribution is 0.0963. The van der Waals surface area contributed by atoms with E-state index in [1.165, 1.54) is 35.6 Å². The second kappa shape index (κ2) is 7.55. The Balaban J connectivity index is 2.06. The average Bonchev–Trinajstić information content (AvgIpc) is 2.56. The normalized spacial score (nSPS) is 11.5. The molecular formula is C17H19FN2O3S. The molecule has 1 N–H and O–H groups in total. The smallest absolute Gasteiger partial charge is 0.251 e. The first-order valence-electron chi connectivity index (χ1n) is 7.31. The van der Waals surface area contributed by atoms with Crippen molar-refractivity contribution in [2.24, 2.45) is 0 Å². The molecule has 0 atom stereocenters. The third kappa shape index (κ3) is 4.62. The van der Waals surface area contributed by atoms with E-state index in [-0.39, 0.29) is 18.2 Å². The third-order valence-electron chi connectivity index (χ3n) is 3.59. The van der Waals surface area contributed by atoms with E-state index in [1.807, 2.05) is 0 Å². The third-order valence-corrected chi connectivity index (χ3v) is 5.36. The van der Waals surface area contributed by atoms with Crippen molar-refractivity contribution in [3.8, 4) is 0 Å². The average molecular weight is 350 g/mol. The first-order valence-corrected chi connectivity index (χ1v) is 8.92. The maximum Gasteiger partial charge on any atom is 0.251 e. The topological polar surface area (TPSA) is 66.5 Å². The van der Waals surface area contributed by atoms with Gasteiger partial charge in [-0.05, 0) is 35.4 Å². The summed E-state index contributed by atoms with van der Waals surface area (Å²) in [5, 5.41) is 2.53. The molecule has 0 spiro atoms. The van der Waals surface area contributed by atoms with Gasteiger partial charge < -0.3 is 5.32 Å². The van der Waals surface area contributed by atoms with Gasteiger partial charge in [-0.25, -0.2) is 17.1 Å². The molecule has 1 amide bonds. The van der Waals surface area contributed by atoms with Crippen molar-refractivity contribution in [3.63, 3.8) is 0 Å². The maximum atomic E-state index is 12.9. The molecule has 0 radical (unpaired) electrons. The first kappa shape index (κ1) is 18.1. The van der Waals surface area contributed by atoms with E-state index in [4.69, 9.17) is 0 Å². The fourth-order valence-electron chi connectivity index (χ4n) is 2.16. The van der Waals surface area contributed by atoms with E-state index in [0.717, 1.165) is 5.56 Å². The van der Waals surface area contributed by atoms with Crippen molar-refractivity contribution in [1.82, 2.24) is 9.62 Å². The lowest BCUT2D eigenvalue weighted by Crippen LogP contribution is -2.27. The van der Waals surface area contributed by atoms with Crippen LogP contribution in [0.1, 0.15) is 21.5 Å². The van der Waals surface area contributed by atoms with Crippen LogP contribution in [0, 0.1) is 5.82 Å². The predicted octanol–water partition coefficient (Wildman–Crippen LogP) is 2.15. The number of carbonyl (C=O) groups is 1. The van der Waals surface area contributed by atoms with E-state index in [1.54, 1.807) is 31.3 Å². The van der Waals surface area contributed by atoms with Gasteiger partial charge in [0.05, 0.1) is 5.75 Å². The monoisotopic (exact) mass is 350 g/mol. The Morgan fingerprint density at radius 3 is 2.12 bits per heavy atom. The van der Waals surface area contributed by atoms with Crippen molar-refractivity contribution in [3.05, 3.63) is 71.0 Å². The number of rotatable bonds is 6. The van der Waals surface area contributed by atoms with Gasteiger partial charge in [0.25, 0.3) is 5.91 Å².